The molecule has 0 bridgehead atoms. The Labute approximate surface area is 140 Å². The fraction of sp³-hybridized carbons (Fsp3) is 0.529. The summed E-state index contributed by atoms with van der Waals surface area (Å²) in [5.41, 5.74) is 1.31. The first-order valence-electron chi connectivity index (χ1n) is 7.59. The van der Waals surface area contributed by atoms with Gasteiger partial charge in [-0.15, -0.1) is 24.8 Å². The topological polar surface area (TPSA) is 24.1 Å². The third-order valence-electron chi connectivity index (χ3n) is 4.30. The molecule has 21 heavy (non-hydrogen) atoms. The van der Waals surface area contributed by atoms with Crippen molar-refractivity contribution in [1.29, 1.82) is 0 Å². The van der Waals surface area contributed by atoms with Crippen LogP contribution in [0.25, 0.3) is 6.08 Å². The molecule has 3 rings (SSSR count). The molecule has 1 saturated heterocycles. The molecule has 0 spiro atoms. The van der Waals surface area contributed by atoms with Gasteiger partial charge in [0.25, 0.3) is 0 Å². The van der Waals surface area contributed by atoms with Gasteiger partial charge in [0.2, 0.25) is 0 Å². The largest absolute Gasteiger partial charge is 0.317 e. The lowest BCUT2D eigenvalue weighted by Gasteiger charge is -2.22. The Hall–Kier alpha value is -0.540. The highest BCUT2D eigenvalue weighted by Crippen LogP contribution is 2.32. The van der Waals surface area contributed by atoms with Gasteiger partial charge in [0.1, 0.15) is 0 Å². The van der Waals surface area contributed by atoms with Crippen LogP contribution in [0, 0.1) is 11.8 Å². The molecule has 2 atom stereocenters. The van der Waals surface area contributed by atoms with Crippen molar-refractivity contribution in [3.05, 3.63) is 42.0 Å². The zero-order valence-electron chi connectivity index (χ0n) is 12.3. The van der Waals surface area contributed by atoms with E-state index in [1.165, 1.54) is 44.5 Å². The maximum atomic E-state index is 3.73. The maximum Gasteiger partial charge on any atom is 0.0137 e. The molecular weight excluding hydrogens is 303 g/mol. The Morgan fingerprint density at radius 3 is 2.52 bits per heavy atom. The van der Waals surface area contributed by atoms with Crippen LogP contribution in [0.15, 0.2) is 36.4 Å². The molecule has 2 N–H and O–H groups in total. The quantitative estimate of drug-likeness (QED) is 0.864. The van der Waals surface area contributed by atoms with E-state index in [-0.39, 0.29) is 24.8 Å². The van der Waals surface area contributed by atoms with E-state index in [4.69, 9.17) is 0 Å². The van der Waals surface area contributed by atoms with Crippen molar-refractivity contribution in [3.8, 4) is 0 Å². The second-order valence-corrected chi connectivity index (χ2v) is 5.88. The molecular formula is C17H26Cl2N2. The molecule has 1 aliphatic carbocycles. The molecule has 118 valence electrons. The van der Waals surface area contributed by atoms with Crippen LogP contribution in [-0.2, 0) is 0 Å². The summed E-state index contributed by atoms with van der Waals surface area (Å²) in [6.45, 7) is 3.62. The van der Waals surface area contributed by atoms with Crippen LogP contribution in [0.5, 0.6) is 0 Å². The van der Waals surface area contributed by atoms with Crippen molar-refractivity contribution in [1.82, 2.24) is 10.6 Å². The second-order valence-electron chi connectivity index (χ2n) is 5.88. The SMILES string of the molecule is C(=C/C1CC1NCC1CCNCC1)/c1ccccc1.Cl.Cl. The summed E-state index contributed by atoms with van der Waals surface area (Å²) in [6.07, 6.45) is 8.62. The van der Waals surface area contributed by atoms with Gasteiger partial charge in [0.05, 0.1) is 0 Å². The number of halogens is 2. The molecule has 1 aromatic rings. The van der Waals surface area contributed by atoms with E-state index in [1.807, 2.05) is 0 Å². The Bertz CT molecular complexity index is 416. The molecule has 0 amide bonds. The van der Waals surface area contributed by atoms with Gasteiger partial charge in [-0.05, 0) is 56.3 Å². The van der Waals surface area contributed by atoms with Crippen LogP contribution in [0.3, 0.4) is 0 Å². The minimum absolute atomic E-state index is 0. The highest BCUT2D eigenvalue weighted by Gasteiger charge is 2.34. The Morgan fingerprint density at radius 1 is 1.10 bits per heavy atom. The van der Waals surface area contributed by atoms with Crippen LogP contribution in [0.2, 0.25) is 0 Å². The number of piperidine rings is 1. The highest BCUT2D eigenvalue weighted by molar-refractivity contribution is 5.85. The lowest BCUT2D eigenvalue weighted by molar-refractivity contribution is 0.355. The second kappa shape index (κ2) is 9.47. The zero-order chi connectivity index (χ0) is 12.9. The normalized spacial score (nSPS) is 25.1. The summed E-state index contributed by atoms with van der Waals surface area (Å²) in [7, 11) is 0. The van der Waals surface area contributed by atoms with Gasteiger partial charge in [-0.2, -0.15) is 0 Å². The molecule has 2 unspecified atom stereocenters. The van der Waals surface area contributed by atoms with E-state index in [0.717, 1.165) is 17.9 Å². The van der Waals surface area contributed by atoms with Crippen molar-refractivity contribution in [3.63, 3.8) is 0 Å². The molecule has 2 nitrogen and oxygen atoms in total. The Balaban J connectivity index is 0.00000110. The summed E-state index contributed by atoms with van der Waals surface area (Å²) < 4.78 is 0. The van der Waals surface area contributed by atoms with Crippen LogP contribution in [0.1, 0.15) is 24.8 Å². The third kappa shape index (κ3) is 5.99. The average molecular weight is 329 g/mol. The minimum atomic E-state index is 0. The number of rotatable bonds is 5. The summed E-state index contributed by atoms with van der Waals surface area (Å²) in [4.78, 5) is 0. The van der Waals surface area contributed by atoms with Crippen LogP contribution in [0.4, 0.5) is 0 Å². The summed E-state index contributed by atoms with van der Waals surface area (Å²) in [5, 5.41) is 7.16. The van der Waals surface area contributed by atoms with Gasteiger partial charge in [-0.25, -0.2) is 0 Å². The van der Waals surface area contributed by atoms with Crippen molar-refractivity contribution in [2.45, 2.75) is 25.3 Å². The lowest BCUT2D eigenvalue weighted by Crippen LogP contribution is -2.34. The van der Waals surface area contributed by atoms with E-state index < -0.39 is 0 Å². The average Bonchev–Trinajstić information content (AvgIpc) is 3.24. The minimum Gasteiger partial charge on any atom is -0.317 e. The zero-order valence-corrected chi connectivity index (χ0v) is 14.0. The Kier molecular flexibility index (Phi) is 8.35. The first-order valence-corrected chi connectivity index (χ1v) is 7.59. The lowest BCUT2D eigenvalue weighted by atomic mass is 9.98. The van der Waals surface area contributed by atoms with Gasteiger partial charge < -0.3 is 10.6 Å². The van der Waals surface area contributed by atoms with Crippen LogP contribution >= 0.6 is 24.8 Å². The van der Waals surface area contributed by atoms with Gasteiger partial charge in [0, 0.05) is 6.04 Å². The maximum absolute atomic E-state index is 3.73. The van der Waals surface area contributed by atoms with Crippen molar-refractivity contribution in [2.75, 3.05) is 19.6 Å². The fourth-order valence-electron chi connectivity index (χ4n) is 2.86. The molecule has 2 aliphatic rings. The highest BCUT2D eigenvalue weighted by atomic mass is 35.5. The van der Waals surface area contributed by atoms with Crippen molar-refractivity contribution >= 4 is 30.9 Å². The van der Waals surface area contributed by atoms with E-state index in [2.05, 4.69) is 53.1 Å². The number of hydrogen-bond acceptors (Lipinski definition) is 2. The fourth-order valence-corrected chi connectivity index (χ4v) is 2.86. The van der Waals surface area contributed by atoms with Crippen LogP contribution in [-0.4, -0.2) is 25.7 Å². The summed E-state index contributed by atoms with van der Waals surface area (Å²) in [6, 6.07) is 11.3. The molecule has 1 aromatic carbocycles. The predicted octanol–water partition coefficient (Wildman–Crippen LogP) is 3.52. The van der Waals surface area contributed by atoms with Gasteiger partial charge >= 0.3 is 0 Å². The molecule has 4 heteroatoms. The van der Waals surface area contributed by atoms with E-state index in [0.29, 0.717) is 0 Å². The first-order chi connectivity index (χ1) is 9.42. The van der Waals surface area contributed by atoms with Crippen molar-refractivity contribution < 1.29 is 0 Å². The molecule has 2 fully saturated rings. The number of nitrogens with one attached hydrogen (secondary N) is 2. The summed E-state index contributed by atoms with van der Waals surface area (Å²) >= 11 is 0. The molecule has 0 radical (unpaired) electrons. The molecule has 1 heterocycles. The Morgan fingerprint density at radius 2 is 1.81 bits per heavy atom. The summed E-state index contributed by atoms with van der Waals surface area (Å²) in [5.74, 6) is 1.64. The first kappa shape index (κ1) is 18.5. The van der Waals surface area contributed by atoms with E-state index in [9.17, 15) is 0 Å². The monoisotopic (exact) mass is 328 g/mol. The number of hydrogen-bond donors (Lipinski definition) is 2. The predicted molar refractivity (Wildman–Crippen MR) is 95.5 cm³/mol. The standard InChI is InChI=1S/C17H24N2.2ClH/c1-2-4-14(5-3-1)6-7-16-12-17(16)19-13-15-8-10-18-11-9-15;;/h1-7,15-19H,8-13H2;2*1H/b7-6-;;. The number of benzene rings is 1. The van der Waals surface area contributed by atoms with Gasteiger partial charge in [-0.1, -0.05) is 42.5 Å². The van der Waals surface area contributed by atoms with Gasteiger partial charge in [0.15, 0.2) is 0 Å². The van der Waals surface area contributed by atoms with Crippen molar-refractivity contribution in [2.24, 2.45) is 11.8 Å². The molecule has 1 saturated carbocycles. The van der Waals surface area contributed by atoms with Crippen LogP contribution < -0.4 is 10.6 Å². The van der Waals surface area contributed by atoms with E-state index in [1.54, 1.807) is 0 Å². The third-order valence-corrected chi connectivity index (χ3v) is 4.30. The smallest absolute Gasteiger partial charge is 0.0137 e. The van der Waals surface area contributed by atoms with Gasteiger partial charge in [-0.3, -0.25) is 0 Å². The molecule has 0 aromatic heterocycles. The van der Waals surface area contributed by atoms with E-state index >= 15 is 0 Å². The molecule has 1 aliphatic heterocycles.